The van der Waals surface area contributed by atoms with Gasteiger partial charge in [-0.2, -0.15) is 0 Å². The third-order valence-corrected chi connectivity index (χ3v) is 6.08. The summed E-state index contributed by atoms with van der Waals surface area (Å²) in [6.45, 7) is 0. The molecule has 0 fully saturated rings. The van der Waals surface area contributed by atoms with Gasteiger partial charge in [-0.25, -0.2) is 9.97 Å². The second-order valence-electron chi connectivity index (χ2n) is 5.86. The number of fused-ring (bicyclic) bond motifs is 1. The van der Waals surface area contributed by atoms with Crippen molar-refractivity contribution in [3.63, 3.8) is 0 Å². The molecule has 0 N–H and O–H groups in total. The number of halogens is 1. The first-order chi connectivity index (χ1) is 13.8. The SMILES string of the molecule is Clc1ccc(-c2csc3ncnc(Sc4nnc(-c5ccccc5)o4)c23)cc1. The molecule has 0 spiro atoms. The van der Waals surface area contributed by atoms with E-state index in [0.717, 1.165) is 31.9 Å². The van der Waals surface area contributed by atoms with Gasteiger partial charge in [0.05, 0.1) is 5.39 Å². The Hall–Kier alpha value is -2.74. The molecule has 0 aliphatic heterocycles. The fourth-order valence-electron chi connectivity index (χ4n) is 2.80. The molecule has 0 saturated carbocycles. The van der Waals surface area contributed by atoms with Gasteiger partial charge in [0.2, 0.25) is 5.89 Å². The van der Waals surface area contributed by atoms with E-state index in [0.29, 0.717) is 16.1 Å². The summed E-state index contributed by atoms with van der Waals surface area (Å²) in [7, 11) is 0. The molecule has 0 saturated heterocycles. The molecule has 3 aromatic heterocycles. The standard InChI is InChI=1S/C20H11ClN4OS2/c21-14-8-6-12(7-9-14)15-10-27-18-16(15)19(23-11-22-18)28-20-25-24-17(26-20)13-4-2-1-3-5-13/h1-11H. The Morgan fingerprint density at radius 2 is 1.71 bits per heavy atom. The van der Waals surface area contributed by atoms with Crippen molar-refractivity contribution in [3.8, 4) is 22.6 Å². The van der Waals surface area contributed by atoms with Gasteiger partial charge in [-0.3, -0.25) is 0 Å². The second-order valence-corrected chi connectivity index (χ2v) is 8.09. The maximum atomic E-state index is 6.03. The van der Waals surface area contributed by atoms with Gasteiger partial charge in [-0.15, -0.1) is 21.5 Å². The summed E-state index contributed by atoms with van der Waals surface area (Å²) in [5, 5.41) is 13.3. The summed E-state index contributed by atoms with van der Waals surface area (Å²) in [6.07, 6.45) is 1.56. The van der Waals surface area contributed by atoms with Crippen molar-refractivity contribution in [2.24, 2.45) is 0 Å². The normalized spacial score (nSPS) is 11.2. The smallest absolute Gasteiger partial charge is 0.283 e. The highest BCUT2D eigenvalue weighted by atomic mass is 35.5. The Morgan fingerprint density at radius 3 is 2.54 bits per heavy atom. The van der Waals surface area contributed by atoms with E-state index in [2.05, 4.69) is 25.5 Å². The van der Waals surface area contributed by atoms with E-state index in [9.17, 15) is 0 Å². The second kappa shape index (κ2) is 7.35. The van der Waals surface area contributed by atoms with Crippen LogP contribution in [0.3, 0.4) is 0 Å². The van der Waals surface area contributed by atoms with Gasteiger partial charge in [-0.1, -0.05) is 41.9 Å². The van der Waals surface area contributed by atoms with Crippen molar-refractivity contribution < 1.29 is 4.42 Å². The van der Waals surface area contributed by atoms with Crippen LogP contribution in [0, 0.1) is 0 Å². The van der Waals surface area contributed by atoms with Crippen molar-refractivity contribution in [2.45, 2.75) is 10.2 Å². The first-order valence-corrected chi connectivity index (χ1v) is 10.4. The van der Waals surface area contributed by atoms with Crippen LogP contribution in [0.4, 0.5) is 0 Å². The lowest BCUT2D eigenvalue weighted by atomic mass is 10.1. The van der Waals surface area contributed by atoms with Crippen molar-refractivity contribution in [1.82, 2.24) is 20.2 Å². The predicted octanol–water partition coefficient (Wildman–Crippen LogP) is 6.21. The summed E-state index contributed by atoms with van der Waals surface area (Å²) in [6, 6.07) is 17.4. The quantitative estimate of drug-likeness (QED) is 0.320. The number of benzene rings is 2. The monoisotopic (exact) mass is 422 g/mol. The maximum absolute atomic E-state index is 6.03. The molecule has 5 aromatic rings. The number of rotatable bonds is 4. The summed E-state index contributed by atoms with van der Waals surface area (Å²) in [5.74, 6) is 0.483. The molecule has 0 aliphatic carbocycles. The van der Waals surface area contributed by atoms with Gasteiger partial charge in [0, 0.05) is 21.5 Å². The Kier molecular flexibility index (Phi) is 4.56. The molecule has 5 nitrogen and oxygen atoms in total. The van der Waals surface area contributed by atoms with Crippen molar-refractivity contribution in [3.05, 3.63) is 71.3 Å². The molecule has 5 rings (SSSR count). The lowest BCUT2D eigenvalue weighted by molar-refractivity contribution is 0.465. The molecule has 136 valence electrons. The molecule has 8 heteroatoms. The molecule has 0 unspecified atom stereocenters. The highest BCUT2D eigenvalue weighted by molar-refractivity contribution is 7.99. The van der Waals surface area contributed by atoms with Crippen molar-refractivity contribution in [1.29, 1.82) is 0 Å². The van der Waals surface area contributed by atoms with E-state index < -0.39 is 0 Å². The molecule has 3 heterocycles. The summed E-state index contributed by atoms with van der Waals surface area (Å²) in [5.41, 5.74) is 3.00. The van der Waals surface area contributed by atoms with Crippen LogP contribution in [0.5, 0.6) is 0 Å². The van der Waals surface area contributed by atoms with E-state index in [1.807, 2.05) is 54.6 Å². The average molecular weight is 423 g/mol. The van der Waals surface area contributed by atoms with Gasteiger partial charge < -0.3 is 4.42 Å². The third kappa shape index (κ3) is 3.28. The Balaban J connectivity index is 1.54. The van der Waals surface area contributed by atoms with Crippen LogP contribution < -0.4 is 0 Å². The van der Waals surface area contributed by atoms with Crippen LogP contribution >= 0.6 is 34.7 Å². The molecule has 28 heavy (non-hydrogen) atoms. The van der Waals surface area contributed by atoms with Crippen LogP contribution in [0.1, 0.15) is 0 Å². The van der Waals surface area contributed by atoms with E-state index in [1.165, 1.54) is 11.8 Å². The molecule has 0 atom stereocenters. The number of nitrogens with zero attached hydrogens (tertiary/aromatic N) is 4. The van der Waals surface area contributed by atoms with Crippen LogP contribution in [0.25, 0.3) is 32.8 Å². The first kappa shape index (κ1) is 17.4. The third-order valence-electron chi connectivity index (χ3n) is 4.10. The van der Waals surface area contributed by atoms with Gasteiger partial charge in [-0.05, 0) is 41.6 Å². The fraction of sp³-hybridized carbons (Fsp3) is 0. The van der Waals surface area contributed by atoms with E-state index in [4.69, 9.17) is 16.0 Å². The number of thiophene rings is 1. The average Bonchev–Trinajstić information content (AvgIpc) is 3.37. The zero-order valence-corrected chi connectivity index (χ0v) is 16.6. The summed E-state index contributed by atoms with van der Waals surface area (Å²) < 4.78 is 5.83. The molecule has 2 aromatic carbocycles. The van der Waals surface area contributed by atoms with Gasteiger partial charge >= 0.3 is 0 Å². The number of aromatic nitrogens is 4. The lowest BCUT2D eigenvalue weighted by Gasteiger charge is -2.03. The maximum Gasteiger partial charge on any atom is 0.283 e. The van der Waals surface area contributed by atoms with Crippen LogP contribution in [-0.2, 0) is 0 Å². The van der Waals surface area contributed by atoms with E-state index >= 15 is 0 Å². The Morgan fingerprint density at radius 1 is 0.893 bits per heavy atom. The predicted molar refractivity (Wildman–Crippen MR) is 112 cm³/mol. The molecule has 0 bridgehead atoms. The van der Waals surface area contributed by atoms with Crippen LogP contribution in [-0.4, -0.2) is 20.2 Å². The van der Waals surface area contributed by atoms with E-state index in [1.54, 1.807) is 17.7 Å². The minimum absolute atomic E-state index is 0.437. The molecular formula is C20H11ClN4OS2. The minimum Gasteiger partial charge on any atom is -0.411 e. The first-order valence-electron chi connectivity index (χ1n) is 8.33. The summed E-state index contributed by atoms with van der Waals surface area (Å²) in [4.78, 5) is 9.77. The van der Waals surface area contributed by atoms with E-state index in [-0.39, 0.29) is 0 Å². The summed E-state index contributed by atoms with van der Waals surface area (Å²) >= 11 is 8.94. The molecule has 0 amide bonds. The van der Waals surface area contributed by atoms with Gasteiger partial charge in [0.1, 0.15) is 16.2 Å². The Labute approximate surface area is 173 Å². The topological polar surface area (TPSA) is 64.7 Å². The van der Waals surface area contributed by atoms with Crippen LogP contribution in [0.2, 0.25) is 5.02 Å². The zero-order valence-electron chi connectivity index (χ0n) is 14.2. The highest BCUT2D eigenvalue weighted by Crippen LogP contribution is 2.40. The van der Waals surface area contributed by atoms with Crippen LogP contribution in [0.15, 0.2) is 81.0 Å². The molecule has 0 aliphatic rings. The van der Waals surface area contributed by atoms with Gasteiger partial charge in [0.15, 0.2) is 0 Å². The minimum atomic E-state index is 0.437. The molecular weight excluding hydrogens is 412 g/mol. The van der Waals surface area contributed by atoms with Crippen molar-refractivity contribution in [2.75, 3.05) is 0 Å². The highest BCUT2D eigenvalue weighted by Gasteiger charge is 2.17. The Bertz CT molecular complexity index is 1250. The lowest BCUT2D eigenvalue weighted by Crippen LogP contribution is -1.86. The van der Waals surface area contributed by atoms with Gasteiger partial charge in [0.25, 0.3) is 5.22 Å². The fourth-order valence-corrected chi connectivity index (χ4v) is 4.68. The number of hydrogen-bond donors (Lipinski definition) is 0. The number of hydrogen-bond acceptors (Lipinski definition) is 7. The molecule has 0 radical (unpaired) electrons. The zero-order chi connectivity index (χ0) is 18.9. The largest absolute Gasteiger partial charge is 0.411 e. The van der Waals surface area contributed by atoms with Crippen molar-refractivity contribution >= 4 is 44.9 Å².